The lowest BCUT2D eigenvalue weighted by Gasteiger charge is -2.16. The van der Waals surface area contributed by atoms with Gasteiger partial charge in [-0.3, -0.25) is 0 Å². The second kappa shape index (κ2) is 5.73. The molecule has 2 rings (SSSR count). The van der Waals surface area contributed by atoms with Crippen molar-refractivity contribution < 1.29 is 17.6 Å². The zero-order chi connectivity index (χ0) is 14.9. The van der Waals surface area contributed by atoms with Crippen LogP contribution in [0.25, 0.3) is 0 Å². The molecular weight excluding hydrogens is 358 g/mol. The lowest BCUT2D eigenvalue weighted by molar-refractivity contribution is -0.139. The molecule has 1 aromatic carbocycles. The van der Waals surface area contributed by atoms with Gasteiger partial charge in [0, 0.05) is 10.6 Å². The molecule has 7 heteroatoms. The van der Waals surface area contributed by atoms with Gasteiger partial charge in [0.2, 0.25) is 0 Å². The van der Waals surface area contributed by atoms with Gasteiger partial charge < -0.3 is 5.32 Å². The largest absolute Gasteiger partial charge is 0.419 e. The van der Waals surface area contributed by atoms with Gasteiger partial charge >= 0.3 is 6.18 Å². The van der Waals surface area contributed by atoms with Crippen LogP contribution >= 0.6 is 27.3 Å². The van der Waals surface area contributed by atoms with E-state index in [0.717, 1.165) is 20.8 Å². The smallest absolute Gasteiger partial charge is 0.378 e. The minimum absolute atomic E-state index is 0.169. The number of anilines is 1. The Kier molecular flexibility index (Phi) is 4.39. The second-order valence-electron chi connectivity index (χ2n) is 4.20. The summed E-state index contributed by atoms with van der Waals surface area (Å²) in [4.78, 5) is 0.967. The van der Waals surface area contributed by atoms with Crippen molar-refractivity contribution in [2.45, 2.75) is 19.1 Å². The van der Waals surface area contributed by atoms with E-state index in [1.807, 2.05) is 19.1 Å². The Balaban J connectivity index is 2.22. The first-order valence-corrected chi connectivity index (χ1v) is 7.27. The van der Waals surface area contributed by atoms with E-state index in [0.29, 0.717) is 0 Å². The zero-order valence-corrected chi connectivity index (χ0v) is 12.7. The van der Waals surface area contributed by atoms with E-state index in [1.165, 1.54) is 17.4 Å². The average molecular weight is 368 g/mol. The third-order valence-electron chi connectivity index (χ3n) is 2.68. The summed E-state index contributed by atoms with van der Waals surface area (Å²) in [6, 6.07) is 6.48. The molecule has 0 amide bonds. The molecule has 0 bridgehead atoms. The highest BCUT2D eigenvalue weighted by molar-refractivity contribution is 9.11. The van der Waals surface area contributed by atoms with E-state index in [1.54, 1.807) is 0 Å². The van der Waals surface area contributed by atoms with E-state index in [9.17, 15) is 17.6 Å². The van der Waals surface area contributed by atoms with Crippen molar-refractivity contribution in [3.05, 3.63) is 50.4 Å². The van der Waals surface area contributed by atoms with Crippen LogP contribution in [-0.4, -0.2) is 0 Å². The fraction of sp³-hybridized carbons (Fsp3) is 0.231. The van der Waals surface area contributed by atoms with Gasteiger partial charge in [0.15, 0.2) is 0 Å². The van der Waals surface area contributed by atoms with E-state index in [2.05, 4.69) is 21.2 Å². The van der Waals surface area contributed by atoms with Crippen molar-refractivity contribution in [3.63, 3.8) is 0 Å². The highest BCUT2D eigenvalue weighted by atomic mass is 79.9. The third-order valence-corrected chi connectivity index (χ3v) is 4.48. The van der Waals surface area contributed by atoms with Gasteiger partial charge in [-0.1, -0.05) is 0 Å². The topological polar surface area (TPSA) is 12.0 Å². The van der Waals surface area contributed by atoms with Gasteiger partial charge in [0.05, 0.1) is 15.4 Å². The van der Waals surface area contributed by atoms with Crippen LogP contribution < -0.4 is 5.32 Å². The van der Waals surface area contributed by atoms with Crippen LogP contribution in [-0.2, 0) is 6.18 Å². The molecule has 1 atom stereocenters. The Labute approximate surface area is 125 Å². The number of nitrogens with one attached hydrogen (secondary N) is 1. The number of halogens is 5. The van der Waals surface area contributed by atoms with Gasteiger partial charge in [-0.15, -0.1) is 11.3 Å². The average Bonchev–Trinajstić information content (AvgIpc) is 2.77. The summed E-state index contributed by atoms with van der Waals surface area (Å²) in [5.41, 5.74) is -1.03. The fourth-order valence-corrected chi connectivity index (χ4v) is 3.14. The first kappa shape index (κ1) is 15.3. The molecule has 0 fully saturated rings. The molecule has 0 radical (unpaired) electrons. The molecule has 1 nitrogen and oxygen atoms in total. The van der Waals surface area contributed by atoms with Gasteiger partial charge in [0.1, 0.15) is 5.82 Å². The predicted molar refractivity (Wildman–Crippen MR) is 75.5 cm³/mol. The van der Waals surface area contributed by atoms with Crippen molar-refractivity contribution >= 4 is 33.0 Å². The summed E-state index contributed by atoms with van der Waals surface area (Å²) < 4.78 is 52.0. The molecular formula is C13H10BrF4NS. The summed E-state index contributed by atoms with van der Waals surface area (Å²) in [7, 11) is 0. The number of hydrogen-bond acceptors (Lipinski definition) is 2. The maximum absolute atomic E-state index is 13.2. The second-order valence-corrected chi connectivity index (χ2v) is 6.69. The molecule has 1 heterocycles. The van der Waals surface area contributed by atoms with Gasteiger partial charge in [0.25, 0.3) is 0 Å². The molecule has 0 saturated carbocycles. The van der Waals surface area contributed by atoms with E-state index < -0.39 is 17.6 Å². The zero-order valence-electron chi connectivity index (χ0n) is 10.3. The number of hydrogen-bond donors (Lipinski definition) is 1. The molecule has 2 aromatic rings. The van der Waals surface area contributed by atoms with Crippen LogP contribution in [0.15, 0.2) is 34.1 Å². The molecule has 0 spiro atoms. The third kappa shape index (κ3) is 3.52. The van der Waals surface area contributed by atoms with E-state index in [4.69, 9.17) is 0 Å². The standard InChI is InChI=1S/C13H10BrF4NS/c1-7(11-4-5-12(14)20-11)19-8-2-3-10(15)9(6-8)13(16,17)18/h2-7,19H,1H3. The van der Waals surface area contributed by atoms with Gasteiger partial charge in [-0.25, -0.2) is 4.39 Å². The Morgan fingerprint density at radius 3 is 2.45 bits per heavy atom. The molecule has 1 unspecified atom stereocenters. The molecule has 1 N–H and O–H groups in total. The Bertz CT molecular complexity index is 609. The number of alkyl halides is 3. The lowest BCUT2D eigenvalue weighted by Crippen LogP contribution is -2.10. The molecule has 0 aliphatic carbocycles. The minimum atomic E-state index is -4.70. The monoisotopic (exact) mass is 367 g/mol. The molecule has 0 aliphatic rings. The fourth-order valence-electron chi connectivity index (χ4n) is 1.71. The lowest BCUT2D eigenvalue weighted by atomic mass is 10.1. The van der Waals surface area contributed by atoms with Gasteiger partial charge in [-0.05, 0) is 53.2 Å². The van der Waals surface area contributed by atoms with Crippen LogP contribution in [0, 0.1) is 5.82 Å². The first-order chi connectivity index (χ1) is 9.27. The highest BCUT2D eigenvalue weighted by Crippen LogP contribution is 2.34. The first-order valence-electron chi connectivity index (χ1n) is 5.66. The summed E-state index contributed by atoms with van der Waals surface area (Å²) in [5, 5.41) is 2.93. The summed E-state index contributed by atoms with van der Waals surface area (Å²) in [6.07, 6.45) is -4.70. The summed E-state index contributed by atoms with van der Waals surface area (Å²) in [5.74, 6) is -1.27. The van der Waals surface area contributed by atoms with Crippen molar-refractivity contribution in [1.82, 2.24) is 0 Å². The maximum atomic E-state index is 13.2. The summed E-state index contributed by atoms with van der Waals surface area (Å²) >= 11 is 4.81. The van der Waals surface area contributed by atoms with Crippen LogP contribution in [0.4, 0.5) is 23.2 Å². The van der Waals surface area contributed by atoms with Crippen molar-refractivity contribution in [2.24, 2.45) is 0 Å². The van der Waals surface area contributed by atoms with Crippen molar-refractivity contribution in [1.29, 1.82) is 0 Å². The Morgan fingerprint density at radius 2 is 1.90 bits per heavy atom. The molecule has 0 saturated heterocycles. The Hall–Kier alpha value is -1.08. The Morgan fingerprint density at radius 1 is 1.20 bits per heavy atom. The normalized spacial score (nSPS) is 13.3. The molecule has 1 aromatic heterocycles. The van der Waals surface area contributed by atoms with Crippen molar-refractivity contribution in [3.8, 4) is 0 Å². The SMILES string of the molecule is CC(Nc1ccc(F)c(C(F)(F)F)c1)c1ccc(Br)s1. The number of thiophene rings is 1. The minimum Gasteiger partial charge on any atom is -0.378 e. The van der Waals surface area contributed by atoms with Crippen LogP contribution in [0.2, 0.25) is 0 Å². The maximum Gasteiger partial charge on any atom is 0.419 e. The van der Waals surface area contributed by atoms with E-state index in [-0.39, 0.29) is 11.7 Å². The molecule has 108 valence electrons. The van der Waals surface area contributed by atoms with Gasteiger partial charge in [-0.2, -0.15) is 13.2 Å². The number of rotatable bonds is 3. The van der Waals surface area contributed by atoms with Crippen LogP contribution in [0.1, 0.15) is 23.4 Å². The highest BCUT2D eigenvalue weighted by Gasteiger charge is 2.34. The molecule has 20 heavy (non-hydrogen) atoms. The van der Waals surface area contributed by atoms with Crippen LogP contribution in [0.5, 0.6) is 0 Å². The van der Waals surface area contributed by atoms with Crippen molar-refractivity contribution in [2.75, 3.05) is 5.32 Å². The summed E-state index contributed by atoms with van der Waals surface area (Å²) in [6.45, 7) is 1.83. The number of benzene rings is 1. The quantitative estimate of drug-likeness (QED) is 0.671. The molecule has 0 aliphatic heterocycles. The predicted octanol–water partition coefficient (Wildman–Crippen LogP) is 5.84. The van der Waals surface area contributed by atoms with E-state index >= 15 is 0 Å². The van der Waals surface area contributed by atoms with Crippen LogP contribution in [0.3, 0.4) is 0 Å².